The molecule has 1 aliphatic carbocycles. The lowest BCUT2D eigenvalue weighted by Crippen LogP contribution is -2.54. The number of ether oxygens (including phenoxy) is 1. The van der Waals surface area contributed by atoms with Gasteiger partial charge >= 0.3 is 0 Å². The predicted octanol–water partition coefficient (Wildman–Crippen LogP) is 4.28. The highest BCUT2D eigenvalue weighted by atomic mass is 19.1. The molecule has 1 aliphatic heterocycles. The fraction of sp³-hybridized carbons (Fsp3) is 0.381. The van der Waals surface area contributed by atoms with Crippen molar-refractivity contribution in [1.29, 1.82) is 0 Å². The van der Waals surface area contributed by atoms with Gasteiger partial charge in [-0.3, -0.25) is 4.79 Å². The normalized spacial score (nSPS) is 23.2. The molecule has 2 atom stereocenters. The minimum absolute atomic E-state index is 0.0733. The molecule has 0 spiro atoms. The van der Waals surface area contributed by atoms with Crippen molar-refractivity contribution in [3.05, 3.63) is 59.9 Å². The van der Waals surface area contributed by atoms with Gasteiger partial charge in [-0.25, -0.2) is 4.39 Å². The summed E-state index contributed by atoms with van der Waals surface area (Å²) in [5, 5.41) is 0. The van der Waals surface area contributed by atoms with Crippen molar-refractivity contribution in [1.82, 2.24) is 4.90 Å². The average Bonchev–Trinajstić information content (AvgIpc) is 2.68. The van der Waals surface area contributed by atoms with Gasteiger partial charge in [-0.1, -0.05) is 37.1 Å². The SMILES string of the molecule is O=C(c1cccc(-c2ccc(F)cc2)c1)N1CCO[C@@H]2CCCC[C@H]21. The van der Waals surface area contributed by atoms with Crippen molar-refractivity contribution in [2.75, 3.05) is 13.2 Å². The Balaban J connectivity index is 1.59. The Labute approximate surface area is 147 Å². The smallest absolute Gasteiger partial charge is 0.254 e. The van der Waals surface area contributed by atoms with Gasteiger partial charge < -0.3 is 9.64 Å². The van der Waals surface area contributed by atoms with E-state index in [-0.39, 0.29) is 23.9 Å². The number of hydrogen-bond donors (Lipinski definition) is 0. The van der Waals surface area contributed by atoms with Gasteiger partial charge in [-0.05, 0) is 48.2 Å². The zero-order valence-corrected chi connectivity index (χ0v) is 14.2. The zero-order valence-electron chi connectivity index (χ0n) is 14.2. The Kier molecular flexibility index (Phi) is 4.53. The maximum absolute atomic E-state index is 13.1. The Morgan fingerprint density at radius 2 is 1.84 bits per heavy atom. The summed E-state index contributed by atoms with van der Waals surface area (Å²) in [6.45, 7) is 1.27. The second-order valence-corrected chi connectivity index (χ2v) is 6.85. The van der Waals surface area contributed by atoms with Gasteiger partial charge in [0.15, 0.2) is 0 Å². The van der Waals surface area contributed by atoms with E-state index in [1.165, 1.54) is 18.6 Å². The Morgan fingerprint density at radius 1 is 1.04 bits per heavy atom. The quantitative estimate of drug-likeness (QED) is 0.817. The van der Waals surface area contributed by atoms with Crippen molar-refractivity contribution in [2.45, 2.75) is 37.8 Å². The fourth-order valence-electron chi connectivity index (χ4n) is 3.99. The Bertz CT molecular complexity index is 757. The van der Waals surface area contributed by atoms with Gasteiger partial charge in [0.25, 0.3) is 5.91 Å². The Hall–Kier alpha value is -2.20. The third kappa shape index (κ3) is 3.31. The topological polar surface area (TPSA) is 29.5 Å². The Morgan fingerprint density at radius 3 is 2.68 bits per heavy atom. The van der Waals surface area contributed by atoms with Crippen LogP contribution in [0, 0.1) is 5.82 Å². The van der Waals surface area contributed by atoms with Gasteiger partial charge in [0.05, 0.1) is 18.8 Å². The molecule has 1 saturated heterocycles. The van der Waals surface area contributed by atoms with Gasteiger partial charge in [-0.15, -0.1) is 0 Å². The molecule has 4 rings (SSSR count). The molecule has 2 aromatic rings. The molecule has 0 bridgehead atoms. The number of fused-ring (bicyclic) bond motifs is 1. The van der Waals surface area contributed by atoms with Gasteiger partial charge in [0, 0.05) is 12.1 Å². The summed E-state index contributed by atoms with van der Waals surface area (Å²) in [5.41, 5.74) is 2.53. The number of carbonyl (C=O) groups is 1. The molecule has 25 heavy (non-hydrogen) atoms. The molecule has 2 aliphatic rings. The lowest BCUT2D eigenvalue weighted by molar-refractivity contribution is -0.0752. The number of benzene rings is 2. The lowest BCUT2D eigenvalue weighted by atomic mass is 9.89. The summed E-state index contributed by atoms with van der Waals surface area (Å²) in [6.07, 6.45) is 4.59. The van der Waals surface area contributed by atoms with Gasteiger partial charge in [0.2, 0.25) is 0 Å². The second kappa shape index (κ2) is 6.96. The van der Waals surface area contributed by atoms with Crippen molar-refractivity contribution in [3.63, 3.8) is 0 Å². The molecular formula is C21H22FNO2. The molecule has 1 saturated carbocycles. The number of rotatable bonds is 2. The van der Waals surface area contributed by atoms with Crippen LogP contribution in [0.2, 0.25) is 0 Å². The first kappa shape index (κ1) is 16.3. The van der Waals surface area contributed by atoms with E-state index in [2.05, 4.69) is 0 Å². The van der Waals surface area contributed by atoms with Crippen LogP contribution in [0.25, 0.3) is 11.1 Å². The predicted molar refractivity (Wildman–Crippen MR) is 94.9 cm³/mol. The van der Waals surface area contributed by atoms with Gasteiger partial charge in [-0.2, -0.15) is 0 Å². The van der Waals surface area contributed by atoms with Crippen LogP contribution in [0.1, 0.15) is 36.0 Å². The minimum atomic E-state index is -0.257. The molecule has 0 radical (unpaired) electrons. The van der Waals surface area contributed by atoms with Crippen LogP contribution in [0.5, 0.6) is 0 Å². The third-order valence-corrected chi connectivity index (χ3v) is 5.28. The summed E-state index contributed by atoms with van der Waals surface area (Å²) in [6, 6.07) is 14.2. The highest BCUT2D eigenvalue weighted by Crippen LogP contribution is 2.30. The van der Waals surface area contributed by atoms with Crippen LogP contribution in [-0.4, -0.2) is 36.1 Å². The van der Waals surface area contributed by atoms with E-state index in [4.69, 9.17) is 4.74 Å². The van der Waals surface area contributed by atoms with E-state index in [0.29, 0.717) is 18.7 Å². The zero-order chi connectivity index (χ0) is 17.2. The maximum Gasteiger partial charge on any atom is 0.254 e. The van der Waals surface area contributed by atoms with Crippen molar-refractivity contribution < 1.29 is 13.9 Å². The van der Waals surface area contributed by atoms with E-state index in [1.54, 1.807) is 12.1 Å². The van der Waals surface area contributed by atoms with E-state index >= 15 is 0 Å². The molecule has 0 N–H and O–H groups in total. The van der Waals surface area contributed by atoms with Crippen LogP contribution >= 0.6 is 0 Å². The van der Waals surface area contributed by atoms with Crippen LogP contribution in [0.3, 0.4) is 0 Å². The van der Waals surface area contributed by atoms with E-state index in [1.807, 2.05) is 29.2 Å². The van der Waals surface area contributed by atoms with Crippen molar-refractivity contribution in [2.24, 2.45) is 0 Å². The summed E-state index contributed by atoms with van der Waals surface area (Å²) < 4.78 is 19.0. The second-order valence-electron chi connectivity index (χ2n) is 6.85. The first-order chi connectivity index (χ1) is 12.2. The summed E-state index contributed by atoms with van der Waals surface area (Å²) >= 11 is 0. The average molecular weight is 339 g/mol. The van der Waals surface area contributed by atoms with Crippen molar-refractivity contribution in [3.8, 4) is 11.1 Å². The summed E-state index contributed by atoms with van der Waals surface area (Å²) in [4.78, 5) is 15.1. The molecule has 0 unspecified atom stereocenters. The number of morpholine rings is 1. The van der Waals surface area contributed by atoms with Crippen LogP contribution in [0.4, 0.5) is 4.39 Å². The number of nitrogens with zero attached hydrogens (tertiary/aromatic N) is 1. The highest BCUT2D eigenvalue weighted by Gasteiger charge is 2.36. The number of carbonyl (C=O) groups excluding carboxylic acids is 1. The fourth-order valence-corrected chi connectivity index (χ4v) is 3.99. The molecule has 0 aromatic heterocycles. The van der Waals surface area contributed by atoms with Gasteiger partial charge in [0.1, 0.15) is 5.82 Å². The molecule has 1 heterocycles. The number of halogens is 1. The van der Waals surface area contributed by atoms with E-state index in [0.717, 1.165) is 30.4 Å². The molecule has 4 heteroatoms. The number of hydrogen-bond acceptors (Lipinski definition) is 2. The summed E-state index contributed by atoms with van der Waals surface area (Å²) in [7, 11) is 0. The highest BCUT2D eigenvalue weighted by molar-refractivity contribution is 5.95. The van der Waals surface area contributed by atoms with Crippen molar-refractivity contribution >= 4 is 5.91 Å². The molecule has 1 amide bonds. The van der Waals surface area contributed by atoms with E-state index < -0.39 is 0 Å². The minimum Gasteiger partial charge on any atom is -0.374 e. The van der Waals surface area contributed by atoms with Crippen LogP contribution < -0.4 is 0 Å². The third-order valence-electron chi connectivity index (χ3n) is 5.28. The van der Waals surface area contributed by atoms with E-state index in [9.17, 15) is 9.18 Å². The first-order valence-electron chi connectivity index (χ1n) is 9.01. The number of amides is 1. The molecular weight excluding hydrogens is 317 g/mol. The van der Waals surface area contributed by atoms with Crippen LogP contribution in [0.15, 0.2) is 48.5 Å². The summed E-state index contributed by atoms with van der Waals surface area (Å²) in [5.74, 6) is -0.184. The lowest BCUT2D eigenvalue weighted by Gasteiger charge is -2.43. The maximum atomic E-state index is 13.1. The molecule has 3 nitrogen and oxygen atoms in total. The monoisotopic (exact) mass is 339 g/mol. The molecule has 2 fully saturated rings. The standard InChI is InChI=1S/C21H22FNO2/c22-18-10-8-15(9-11-18)16-4-3-5-17(14-16)21(24)23-12-13-25-20-7-2-1-6-19(20)23/h3-5,8-11,14,19-20H,1-2,6-7,12-13H2/t19-,20-/m1/s1. The molecule has 130 valence electrons. The first-order valence-corrected chi connectivity index (χ1v) is 9.01. The largest absolute Gasteiger partial charge is 0.374 e. The molecule has 2 aromatic carbocycles. The van der Waals surface area contributed by atoms with Crippen LogP contribution in [-0.2, 0) is 4.74 Å².